The Morgan fingerprint density at radius 2 is 2.06 bits per heavy atom. The highest BCUT2D eigenvalue weighted by Gasteiger charge is 2.07. The van der Waals surface area contributed by atoms with Gasteiger partial charge in [0.25, 0.3) is 0 Å². The zero-order valence-electron chi connectivity index (χ0n) is 10.9. The Morgan fingerprint density at radius 3 is 2.69 bits per heavy atom. The molecule has 0 fully saturated rings. The zero-order valence-corrected chi connectivity index (χ0v) is 10.9. The molecule has 2 aromatic rings. The third kappa shape index (κ3) is 2.40. The van der Waals surface area contributed by atoms with Crippen LogP contribution in [0.1, 0.15) is 51.4 Å². The first-order valence-corrected chi connectivity index (χ1v) is 6.03. The predicted octanol–water partition coefficient (Wildman–Crippen LogP) is 3.58. The van der Waals surface area contributed by atoms with Crippen molar-refractivity contribution in [2.75, 3.05) is 0 Å². The van der Waals surface area contributed by atoms with Crippen molar-refractivity contribution in [1.82, 2.24) is 14.6 Å². The van der Waals surface area contributed by atoms with Gasteiger partial charge in [0, 0.05) is 17.5 Å². The number of hydrogen-bond acceptors (Lipinski definition) is 2. The van der Waals surface area contributed by atoms with Crippen molar-refractivity contribution in [1.29, 1.82) is 0 Å². The van der Waals surface area contributed by atoms with E-state index in [1.807, 2.05) is 24.4 Å². The van der Waals surface area contributed by atoms with Gasteiger partial charge in [-0.2, -0.15) is 5.10 Å². The van der Waals surface area contributed by atoms with Gasteiger partial charge < -0.3 is 0 Å². The van der Waals surface area contributed by atoms with Crippen molar-refractivity contribution in [2.45, 2.75) is 47.0 Å². The fourth-order valence-electron chi connectivity index (χ4n) is 1.55. The minimum atomic E-state index is 0.522. The van der Waals surface area contributed by atoms with Crippen LogP contribution in [-0.4, -0.2) is 14.6 Å². The molecule has 0 aliphatic rings. The van der Waals surface area contributed by atoms with Crippen molar-refractivity contribution < 1.29 is 0 Å². The summed E-state index contributed by atoms with van der Waals surface area (Å²) in [5.41, 5.74) is 3.26. The topological polar surface area (TPSA) is 30.2 Å². The highest BCUT2D eigenvalue weighted by Crippen LogP contribution is 2.18. The summed E-state index contributed by atoms with van der Waals surface area (Å²) in [5.74, 6) is 0.522. The standard InChI is InChI=1S/C11H15N3.C2H6/c1-4-8(2)10-7-9(3)14-11(13-10)5-6-12-14;1-2/h5-8H,4H2,1-3H3;1-2H3. The molecular formula is C13H21N3. The van der Waals surface area contributed by atoms with Crippen LogP contribution in [0.15, 0.2) is 18.3 Å². The summed E-state index contributed by atoms with van der Waals surface area (Å²) in [6.07, 6.45) is 2.91. The molecule has 2 heterocycles. The van der Waals surface area contributed by atoms with E-state index in [-0.39, 0.29) is 0 Å². The lowest BCUT2D eigenvalue weighted by molar-refractivity contribution is 0.701. The van der Waals surface area contributed by atoms with E-state index >= 15 is 0 Å². The van der Waals surface area contributed by atoms with E-state index in [1.165, 1.54) is 0 Å². The van der Waals surface area contributed by atoms with Gasteiger partial charge in [-0.15, -0.1) is 0 Å². The van der Waals surface area contributed by atoms with Gasteiger partial charge in [-0.25, -0.2) is 9.50 Å². The molecule has 0 saturated heterocycles. The maximum Gasteiger partial charge on any atom is 0.155 e. The summed E-state index contributed by atoms with van der Waals surface area (Å²) in [6.45, 7) is 10.4. The maximum absolute atomic E-state index is 4.57. The van der Waals surface area contributed by atoms with Crippen molar-refractivity contribution in [3.63, 3.8) is 0 Å². The summed E-state index contributed by atoms with van der Waals surface area (Å²) in [7, 11) is 0. The zero-order chi connectivity index (χ0) is 12.1. The van der Waals surface area contributed by atoms with Crippen molar-refractivity contribution >= 4 is 5.65 Å². The molecule has 3 nitrogen and oxygen atoms in total. The second-order valence-electron chi connectivity index (χ2n) is 3.73. The number of aryl methyl sites for hydroxylation is 1. The Hall–Kier alpha value is -1.38. The monoisotopic (exact) mass is 219 g/mol. The number of aromatic nitrogens is 3. The van der Waals surface area contributed by atoms with E-state index in [0.717, 1.165) is 23.5 Å². The molecule has 0 bridgehead atoms. The van der Waals surface area contributed by atoms with Crippen molar-refractivity contribution in [3.8, 4) is 0 Å². The molecule has 3 heteroatoms. The molecule has 1 unspecified atom stereocenters. The highest BCUT2D eigenvalue weighted by atomic mass is 15.2. The van der Waals surface area contributed by atoms with Gasteiger partial charge in [-0.1, -0.05) is 27.7 Å². The fourth-order valence-corrected chi connectivity index (χ4v) is 1.55. The third-order valence-corrected chi connectivity index (χ3v) is 2.67. The molecule has 1 atom stereocenters. The molecule has 0 radical (unpaired) electrons. The Balaban J connectivity index is 0.000000606. The highest BCUT2D eigenvalue weighted by molar-refractivity contribution is 5.39. The van der Waals surface area contributed by atoms with Gasteiger partial charge in [0.15, 0.2) is 5.65 Å². The molecule has 0 amide bonds. The van der Waals surface area contributed by atoms with Crippen molar-refractivity contribution in [2.24, 2.45) is 0 Å². The minimum absolute atomic E-state index is 0.522. The SMILES string of the molecule is CC.CCC(C)c1cc(C)n2nccc2n1. The van der Waals surface area contributed by atoms with E-state index in [4.69, 9.17) is 0 Å². The van der Waals surface area contributed by atoms with E-state index in [9.17, 15) is 0 Å². The van der Waals surface area contributed by atoms with Crippen LogP contribution in [0.25, 0.3) is 5.65 Å². The van der Waals surface area contributed by atoms with Crippen LogP contribution >= 0.6 is 0 Å². The smallest absolute Gasteiger partial charge is 0.155 e. The van der Waals surface area contributed by atoms with Crippen molar-refractivity contribution in [3.05, 3.63) is 29.7 Å². The van der Waals surface area contributed by atoms with Gasteiger partial charge in [-0.05, 0) is 25.3 Å². The summed E-state index contributed by atoms with van der Waals surface area (Å²) in [5, 5.41) is 4.20. The third-order valence-electron chi connectivity index (χ3n) is 2.67. The van der Waals surface area contributed by atoms with E-state index in [1.54, 1.807) is 6.20 Å². The van der Waals surface area contributed by atoms with Crippen LogP contribution in [0, 0.1) is 6.92 Å². The average molecular weight is 219 g/mol. The van der Waals surface area contributed by atoms with E-state index in [2.05, 4.69) is 36.9 Å². The van der Waals surface area contributed by atoms with Gasteiger partial charge in [0.1, 0.15) is 0 Å². The lowest BCUT2D eigenvalue weighted by Gasteiger charge is -2.09. The molecule has 2 rings (SSSR count). The minimum Gasteiger partial charge on any atom is -0.233 e. The molecule has 0 aliphatic heterocycles. The molecule has 88 valence electrons. The molecule has 0 aliphatic carbocycles. The summed E-state index contributed by atoms with van der Waals surface area (Å²) in [4.78, 5) is 4.57. The first-order valence-electron chi connectivity index (χ1n) is 6.03. The van der Waals surface area contributed by atoms with Crippen LogP contribution in [0.3, 0.4) is 0 Å². The largest absolute Gasteiger partial charge is 0.233 e. The van der Waals surface area contributed by atoms with Crippen LogP contribution in [-0.2, 0) is 0 Å². The number of rotatable bonds is 2. The lowest BCUT2D eigenvalue weighted by atomic mass is 10.0. The molecule has 2 aromatic heterocycles. The summed E-state index contributed by atoms with van der Waals surface area (Å²) < 4.78 is 1.87. The second kappa shape index (κ2) is 5.64. The van der Waals surface area contributed by atoms with Gasteiger partial charge in [-0.3, -0.25) is 0 Å². The first kappa shape index (κ1) is 12.7. The van der Waals surface area contributed by atoms with Crippen LogP contribution in [0.2, 0.25) is 0 Å². The van der Waals surface area contributed by atoms with Crippen LogP contribution in [0.4, 0.5) is 0 Å². The Bertz CT molecular complexity index is 445. The molecule has 16 heavy (non-hydrogen) atoms. The van der Waals surface area contributed by atoms with Crippen LogP contribution in [0.5, 0.6) is 0 Å². The number of fused-ring (bicyclic) bond motifs is 1. The molecule has 0 N–H and O–H groups in total. The molecular weight excluding hydrogens is 198 g/mol. The lowest BCUT2D eigenvalue weighted by Crippen LogP contribution is -2.02. The summed E-state index contributed by atoms with van der Waals surface area (Å²) in [6, 6.07) is 4.06. The van der Waals surface area contributed by atoms with Gasteiger partial charge in [0.05, 0.1) is 6.20 Å². The van der Waals surface area contributed by atoms with E-state index < -0.39 is 0 Å². The van der Waals surface area contributed by atoms with E-state index in [0.29, 0.717) is 5.92 Å². The Labute approximate surface area is 97.5 Å². The second-order valence-corrected chi connectivity index (χ2v) is 3.73. The average Bonchev–Trinajstić information content (AvgIpc) is 2.79. The normalized spacial score (nSPS) is 12.1. The molecule has 0 spiro atoms. The fraction of sp³-hybridized carbons (Fsp3) is 0.538. The van der Waals surface area contributed by atoms with Crippen LogP contribution < -0.4 is 0 Å². The van der Waals surface area contributed by atoms with Gasteiger partial charge in [0.2, 0.25) is 0 Å². The van der Waals surface area contributed by atoms with Gasteiger partial charge >= 0.3 is 0 Å². The molecule has 0 saturated carbocycles. The first-order chi connectivity index (χ1) is 7.72. The maximum atomic E-state index is 4.57. The number of hydrogen-bond donors (Lipinski definition) is 0. The summed E-state index contributed by atoms with van der Waals surface area (Å²) >= 11 is 0. The quantitative estimate of drug-likeness (QED) is 0.772. The Morgan fingerprint density at radius 1 is 1.38 bits per heavy atom. The Kier molecular flexibility index (Phi) is 4.47. The predicted molar refractivity (Wildman–Crippen MR) is 67.8 cm³/mol. The number of nitrogens with zero attached hydrogens (tertiary/aromatic N) is 3. The molecule has 0 aromatic carbocycles.